The Morgan fingerprint density at radius 3 is 2.69 bits per heavy atom. The van der Waals surface area contributed by atoms with Gasteiger partial charge in [-0.25, -0.2) is 9.18 Å². The van der Waals surface area contributed by atoms with E-state index in [1.807, 2.05) is 0 Å². The summed E-state index contributed by atoms with van der Waals surface area (Å²) in [7, 11) is 0. The largest absolute Gasteiger partial charge is 0.480 e. The van der Waals surface area contributed by atoms with E-state index >= 15 is 0 Å². The van der Waals surface area contributed by atoms with Crippen LogP contribution >= 0.6 is 11.6 Å². The van der Waals surface area contributed by atoms with Gasteiger partial charge in [0.25, 0.3) is 0 Å². The van der Waals surface area contributed by atoms with Gasteiger partial charge in [-0.2, -0.15) is 0 Å². The van der Waals surface area contributed by atoms with E-state index in [2.05, 4.69) is 0 Å². The summed E-state index contributed by atoms with van der Waals surface area (Å²) in [5.41, 5.74) is -0.228. The van der Waals surface area contributed by atoms with Crippen molar-refractivity contribution in [2.24, 2.45) is 0 Å². The van der Waals surface area contributed by atoms with E-state index < -0.39 is 17.8 Å². The first-order chi connectivity index (χ1) is 7.49. The smallest absolute Gasteiger partial charge is 0.326 e. The zero-order chi connectivity index (χ0) is 12.3. The highest BCUT2D eigenvalue weighted by atomic mass is 35.5. The Kier molecular flexibility index (Phi) is 3.84. The number of nitrogens with zero attached hydrogens (tertiary/aromatic N) is 1. The summed E-state index contributed by atoms with van der Waals surface area (Å²) in [6.07, 6.45) is 0.239. The first kappa shape index (κ1) is 12.4. The third kappa shape index (κ3) is 2.30. The molecule has 0 saturated carbocycles. The van der Waals surface area contributed by atoms with Crippen LogP contribution in [0.15, 0.2) is 18.2 Å². The predicted octanol–water partition coefficient (Wildman–Crippen LogP) is 1.92. The van der Waals surface area contributed by atoms with Crippen LogP contribution in [0.4, 0.5) is 10.1 Å². The van der Waals surface area contributed by atoms with Gasteiger partial charge in [0, 0.05) is 0 Å². The fourth-order valence-electron chi connectivity index (χ4n) is 1.19. The number of carboxylic acid groups (broad SMARTS) is 1. The molecule has 1 rings (SSSR count). The van der Waals surface area contributed by atoms with Crippen LogP contribution < -0.4 is 4.90 Å². The molecule has 4 nitrogen and oxygen atoms in total. The number of carbonyl (C=O) groups excluding carboxylic acids is 1. The van der Waals surface area contributed by atoms with E-state index in [0.717, 1.165) is 11.0 Å². The summed E-state index contributed by atoms with van der Waals surface area (Å²) < 4.78 is 13.4. The summed E-state index contributed by atoms with van der Waals surface area (Å²) in [5, 5.41) is 8.75. The molecule has 1 amide bonds. The van der Waals surface area contributed by atoms with E-state index in [1.165, 1.54) is 19.1 Å². The van der Waals surface area contributed by atoms with Crippen molar-refractivity contribution >= 4 is 29.7 Å². The molecular weight excluding hydrogens is 237 g/mol. The molecule has 16 heavy (non-hydrogen) atoms. The fraction of sp³-hybridized carbons (Fsp3) is 0.200. The molecule has 6 heteroatoms. The number of benzene rings is 1. The molecule has 0 spiro atoms. The number of anilines is 1. The predicted molar refractivity (Wildman–Crippen MR) is 57.1 cm³/mol. The van der Waals surface area contributed by atoms with Crippen LogP contribution in [0.25, 0.3) is 0 Å². The first-order valence-electron chi connectivity index (χ1n) is 4.39. The number of halogens is 2. The highest BCUT2D eigenvalue weighted by Gasteiger charge is 2.24. The van der Waals surface area contributed by atoms with Crippen molar-refractivity contribution in [3.05, 3.63) is 29.0 Å². The number of hydrogen-bond acceptors (Lipinski definition) is 2. The Bertz CT molecular complexity index is 404. The van der Waals surface area contributed by atoms with Crippen molar-refractivity contribution < 1.29 is 19.1 Å². The lowest BCUT2D eigenvalue weighted by Gasteiger charge is -2.23. The number of carbonyl (C=O) groups is 2. The van der Waals surface area contributed by atoms with Gasteiger partial charge in [0.15, 0.2) is 0 Å². The topological polar surface area (TPSA) is 57.6 Å². The van der Waals surface area contributed by atoms with E-state index in [1.54, 1.807) is 0 Å². The van der Waals surface area contributed by atoms with E-state index in [-0.39, 0.29) is 17.1 Å². The minimum Gasteiger partial charge on any atom is -0.480 e. The molecule has 0 aliphatic rings. The number of para-hydroxylation sites is 1. The van der Waals surface area contributed by atoms with Gasteiger partial charge in [0.05, 0.1) is 10.7 Å². The van der Waals surface area contributed by atoms with Gasteiger partial charge in [-0.3, -0.25) is 9.69 Å². The van der Waals surface area contributed by atoms with Crippen LogP contribution in [0.3, 0.4) is 0 Å². The van der Waals surface area contributed by atoms with Gasteiger partial charge in [0.1, 0.15) is 11.9 Å². The van der Waals surface area contributed by atoms with E-state index in [4.69, 9.17) is 16.7 Å². The molecular formula is C10H9ClFNO3. The first-order valence-corrected chi connectivity index (χ1v) is 4.77. The molecule has 0 radical (unpaired) electrons. The third-order valence-electron chi connectivity index (χ3n) is 2.08. The maximum Gasteiger partial charge on any atom is 0.326 e. The molecule has 1 aromatic rings. The van der Waals surface area contributed by atoms with Crippen molar-refractivity contribution in [1.29, 1.82) is 0 Å². The van der Waals surface area contributed by atoms with Crippen LogP contribution in [-0.2, 0) is 9.59 Å². The normalized spacial score (nSPS) is 11.9. The maximum atomic E-state index is 13.4. The zero-order valence-corrected chi connectivity index (χ0v) is 9.11. The summed E-state index contributed by atoms with van der Waals surface area (Å²) in [5.74, 6) is -1.99. The van der Waals surface area contributed by atoms with Crippen molar-refractivity contribution in [2.75, 3.05) is 4.90 Å². The molecule has 86 valence electrons. The van der Waals surface area contributed by atoms with Crippen LogP contribution in [0.2, 0.25) is 5.02 Å². The molecule has 0 aromatic heterocycles. The molecule has 1 N–H and O–H groups in total. The molecule has 0 bridgehead atoms. The highest BCUT2D eigenvalue weighted by Crippen LogP contribution is 2.29. The lowest BCUT2D eigenvalue weighted by Crippen LogP contribution is -2.38. The molecule has 0 saturated heterocycles. The molecule has 1 unspecified atom stereocenters. The average molecular weight is 246 g/mol. The molecule has 0 aliphatic heterocycles. The molecule has 1 aromatic carbocycles. The number of aliphatic carboxylic acids is 1. The molecule has 0 heterocycles. The Labute approximate surface area is 96.2 Å². The van der Waals surface area contributed by atoms with Crippen LogP contribution in [-0.4, -0.2) is 23.5 Å². The standard InChI is InChI=1S/C10H9ClFNO3/c1-6(10(15)16)13(5-14)9-7(11)3-2-4-8(9)12/h2-6H,1H3,(H,15,16). The molecule has 1 atom stereocenters. The Hall–Kier alpha value is -1.62. The zero-order valence-electron chi connectivity index (χ0n) is 8.35. The van der Waals surface area contributed by atoms with Gasteiger partial charge < -0.3 is 5.11 Å². The lowest BCUT2D eigenvalue weighted by atomic mass is 10.2. The summed E-state index contributed by atoms with van der Waals surface area (Å²) in [6, 6.07) is 2.67. The highest BCUT2D eigenvalue weighted by molar-refractivity contribution is 6.33. The fourth-order valence-corrected chi connectivity index (χ4v) is 1.45. The summed E-state index contributed by atoms with van der Waals surface area (Å²) >= 11 is 5.72. The monoisotopic (exact) mass is 245 g/mol. The maximum absolute atomic E-state index is 13.4. The third-order valence-corrected chi connectivity index (χ3v) is 2.39. The summed E-state index contributed by atoms with van der Waals surface area (Å²) in [6.45, 7) is 1.26. The average Bonchev–Trinajstić information content (AvgIpc) is 2.22. The Morgan fingerprint density at radius 2 is 2.25 bits per heavy atom. The van der Waals surface area contributed by atoms with Crippen molar-refractivity contribution in [2.45, 2.75) is 13.0 Å². The minimum absolute atomic E-state index is 0.0137. The SMILES string of the molecule is CC(C(=O)O)N(C=O)c1c(F)cccc1Cl. The van der Waals surface area contributed by atoms with Crippen LogP contribution in [0, 0.1) is 5.82 Å². The quantitative estimate of drug-likeness (QED) is 0.825. The van der Waals surface area contributed by atoms with Crippen molar-refractivity contribution in [3.63, 3.8) is 0 Å². The van der Waals surface area contributed by atoms with Crippen LogP contribution in [0.1, 0.15) is 6.92 Å². The number of carboxylic acids is 1. The second-order valence-corrected chi connectivity index (χ2v) is 3.50. The summed E-state index contributed by atoms with van der Waals surface area (Å²) in [4.78, 5) is 22.3. The van der Waals surface area contributed by atoms with E-state index in [9.17, 15) is 14.0 Å². The second-order valence-electron chi connectivity index (χ2n) is 3.10. The van der Waals surface area contributed by atoms with Gasteiger partial charge >= 0.3 is 5.97 Å². The van der Waals surface area contributed by atoms with Gasteiger partial charge in [-0.05, 0) is 19.1 Å². The molecule has 0 fully saturated rings. The van der Waals surface area contributed by atoms with Gasteiger partial charge in [0.2, 0.25) is 6.41 Å². The lowest BCUT2D eigenvalue weighted by molar-refractivity contribution is -0.138. The van der Waals surface area contributed by atoms with E-state index in [0.29, 0.717) is 0 Å². The van der Waals surface area contributed by atoms with Crippen molar-refractivity contribution in [1.82, 2.24) is 0 Å². The Morgan fingerprint density at radius 1 is 1.62 bits per heavy atom. The van der Waals surface area contributed by atoms with Gasteiger partial charge in [-0.15, -0.1) is 0 Å². The second kappa shape index (κ2) is 4.94. The van der Waals surface area contributed by atoms with Crippen molar-refractivity contribution in [3.8, 4) is 0 Å². The minimum atomic E-state index is -1.24. The Balaban J connectivity index is 3.23. The molecule has 0 aliphatic carbocycles. The van der Waals surface area contributed by atoms with Gasteiger partial charge in [-0.1, -0.05) is 17.7 Å². The van der Waals surface area contributed by atoms with Crippen LogP contribution in [0.5, 0.6) is 0 Å². The number of rotatable bonds is 4. The number of amides is 1. The number of hydrogen-bond donors (Lipinski definition) is 1.